The van der Waals surface area contributed by atoms with Crippen molar-refractivity contribution in [2.45, 2.75) is 0 Å². The molecule has 0 radical (unpaired) electrons. The Hall–Kier alpha value is -9.27. The van der Waals surface area contributed by atoms with Crippen molar-refractivity contribution in [3.8, 4) is 29.0 Å². The van der Waals surface area contributed by atoms with Gasteiger partial charge in [0.1, 0.15) is 5.52 Å². The number of hydrogen-bond donors (Lipinski definition) is 0. The summed E-state index contributed by atoms with van der Waals surface area (Å²) in [5, 5.41) is 9.32. The molecule has 9 aromatic carbocycles. The fourth-order valence-corrected chi connectivity index (χ4v) is 11.1. The van der Waals surface area contributed by atoms with Gasteiger partial charge in [-0.25, -0.2) is 4.98 Å². The summed E-state index contributed by atoms with van der Waals surface area (Å²) < 4.78 is 11.5. The quantitative estimate of drug-likeness (QED) is 0.173. The molecule has 0 aliphatic carbocycles. The summed E-state index contributed by atoms with van der Waals surface area (Å²) in [6, 6.07) is 75.5. The van der Waals surface area contributed by atoms with Crippen LogP contribution >= 0.6 is 0 Å². The first-order valence-corrected chi connectivity index (χ1v) is 22.6. The SMILES string of the molecule is c1ccc(-n2c(-n3c4ccccc4c4c3ccc3c5ccccc5n(-c5ccccc5)c34)nc3nc(-n4c5ccccc5c5ccc6c(c7ccccc7n6-c6ccccc6)c54)ncc32)cc1. The molecule has 0 saturated carbocycles. The third-order valence-electron chi connectivity index (χ3n) is 13.8. The monoisotopic (exact) mass is 856 g/mol. The zero-order chi connectivity index (χ0) is 43.7. The maximum atomic E-state index is 5.57. The molecule has 0 aliphatic heterocycles. The van der Waals surface area contributed by atoms with E-state index in [0.717, 1.165) is 94.1 Å². The number of benzene rings is 9. The van der Waals surface area contributed by atoms with Crippen molar-refractivity contribution in [3.63, 3.8) is 0 Å². The van der Waals surface area contributed by atoms with Crippen LogP contribution in [0.2, 0.25) is 0 Å². The van der Waals surface area contributed by atoms with E-state index in [1.165, 1.54) is 21.7 Å². The molecule has 15 rings (SSSR count). The molecule has 67 heavy (non-hydrogen) atoms. The van der Waals surface area contributed by atoms with Gasteiger partial charge in [0.2, 0.25) is 11.9 Å². The van der Waals surface area contributed by atoms with Gasteiger partial charge in [0.15, 0.2) is 5.65 Å². The lowest BCUT2D eigenvalue weighted by molar-refractivity contribution is 0.954. The van der Waals surface area contributed by atoms with Crippen molar-refractivity contribution in [1.29, 1.82) is 0 Å². The molecule has 8 heteroatoms. The highest BCUT2D eigenvalue weighted by atomic mass is 15.3. The Kier molecular flexibility index (Phi) is 7.34. The molecule has 15 aromatic rings. The first kappa shape index (κ1) is 36.1. The molecule has 0 spiro atoms. The predicted octanol–water partition coefficient (Wildman–Crippen LogP) is 14.2. The number of nitrogens with zero attached hydrogens (tertiary/aromatic N) is 8. The standard InChI is InChI=1S/C59H36N8/c1-4-18-37(19-5-1)63-48-30-16-12-26-44(48)53-50(63)34-32-43-41-25-11-15-29-47(41)67(56(43)53)58-60-36-52-57(61-58)62-59(65(52)39-22-8-3-9-23-39)66-49-31-17-13-27-45(49)54-51(66)35-33-42-40-24-10-14-28-46(40)64(55(42)54)38-20-6-2-7-21-38/h1-36H. The summed E-state index contributed by atoms with van der Waals surface area (Å²) in [6.07, 6.45) is 1.95. The van der Waals surface area contributed by atoms with Crippen LogP contribution in [0.15, 0.2) is 219 Å². The fourth-order valence-electron chi connectivity index (χ4n) is 11.1. The van der Waals surface area contributed by atoms with E-state index in [4.69, 9.17) is 15.0 Å². The number of imidazole rings is 1. The van der Waals surface area contributed by atoms with Crippen LogP contribution in [0.5, 0.6) is 0 Å². The smallest absolute Gasteiger partial charge is 0.236 e. The third kappa shape index (κ3) is 4.93. The average molecular weight is 857 g/mol. The van der Waals surface area contributed by atoms with Gasteiger partial charge in [-0.1, -0.05) is 140 Å². The second-order valence-corrected chi connectivity index (χ2v) is 17.3. The largest absolute Gasteiger partial charge is 0.309 e. The maximum Gasteiger partial charge on any atom is 0.236 e. The summed E-state index contributed by atoms with van der Waals surface area (Å²) in [5.41, 5.74) is 13.4. The van der Waals surface area contributed by atoms with Gasteiger partial charge in [-0.2, -0.15) is 9.97 Å². The van der Waals surface area contributed by atoms with E-state index < -0.39 is 0 Å². The molecular formula is C59H36N8. The van der Waals surface area contributed by atoms with E-state index in [0.29, 0.717) is 11.6 Å². The lowest BCUT2D eigenvalue weighted by Gasteiger charge is -2.12. The van der Waals surface area contributed by atoms with E-state index in [1.54, 1.807) is 0 Å². The number of hydrogen-bond acceptors (Lipinski definition) is 3. The van der Waals surface area contributed by atoms with Crippen LogP contribution in [-0.4, -0.2) is 37.8 Å². The molecule has 0 amide bonds. The zero-order valence-electron chi connectivity index (χ0n) is 35.9. The highest BCUT2D eigenvalue weighted by Gasteiger charge is 2.26. The molecule has 6 aromatic heterocycles. The lowest BCUT2D eigenvalue weighted by Crippen LogP contribution is -2.05. The van der Waals surface area contributed by atoms with E-state index in [9.17, 15) is 0 Å². The first-order valence-electron chi connectivity index (χ1n) is 22.6. The molecule has 0 saturated heterocycles. The Morgan fingerprint density at radius 2 is 0.687 bits per heavy atom. The van der Waals surface area contributed by atoms with Gasteiger partial charge in [-0.15, -0.1) is 0 Å². The van der Waals surface area contributed by atoms with Gasteiger partial charge in [0, 0.05) is 60.2 Å². The Morgan fingerprint density at radius 1 is 0.269 bits per heavy atom. The van der Waals surface area contributed by atoms with Crippen molar-refractivity contribution >= 4 is 98.4 Å². The second-order valence-electron chi connectivity index (χ2n) is 17.3. The van der Waals surface area contributed by atoms with Gasteiger partial charge in [0.05, 0.1) is 50.3 Å². The molecule has 0 bridgehead atoms. The summed E-state index contributed by atoms with van der Waals surface area (Å²) in [4.78, 5) is 16.3. The van der Waals surface area contributed by atoms with Crippen LogP contribution in [0.25, 0.3) is 127 Å². The number of fused-ring (bicyclic) bond motifs is 15. The van der Waals surface area contributed by atoms with Crippen LogP contribution in [-0.2, 0) is 0 Å². The van der Waals surface area contributed by atoms with E-state index in [1.807, 2.05) is 12.3 Å². The molecule has 0 fully saturated rings. The summed E-state index contributed by atoms with van der Waals surface area (Å²) in [6.45, 7) is 0. The summed E-state index contributed by atoms with van der Waals surface area (Å²) in [5.74, 6) is 1.29. The predicted molar refractivity (Wildman–Crippen MR) is 274 cm³/mol. The first-order chi connectivity index (χ1) is 33.3. The Morgan fingerprint density at radius 3 is 1.25 bits per heavy atom. The van der Waals surface area contributed by atoms with Gasteiger partial charge in [-0.3, -0.25) is 13.7 Å². The normalized spacial score (nSPS) is 12.2. The van der Waals surface area contributed by atoms with Crippen molar-refractivity contribution in [3.05, 3.63) is 219 Å². The number of aromatic nitrogens is 8. The zero-order valence-corrected chi connectivity index (χ0v) is 35.9. The van der Waals surface area contributed by atoms with Crippen molar-refractivity contribution in [2.24, 2.45) is 0 Å². The molecule has 0 unspecified atom stereocenters. The second kappa shape index (κ2) is 13.6. The minimum absolute atomic E-state index is 0.559. The van der Waals surface area contributed by atoms with Crippen LogP contribution in [0, 0.1) is 0 Å². The topological polar surface area (TPSA) is 63.3 Å². The lowest BCUT2D eigenvalue weighted by atomic mass is 10.1. The summed E-state index contributed by atoms with van der Waals surface area (Å²) in [7, 11) is 0. The van der Waals surface area contributed by atoms with E-state index >= 15 is 0 Å². The summed E-state index contributed by atoms with van der Waals surface area (Å²) >= 11 is 0. The molecule has 6 heterocycles. The minimum Gasteiger partial charge on any atom is -0.309 e. The van der Waals surface area contributed by atoms with Crippen LogP contribution in [0.3, 0.4) is 0 Å². The molecule has 312 valence electrons. The number of rotatable bonds is 5. The van der Waals surface area contributed by atoms with Crippen molar-refractivity contribution in [2.75, 3.05) is 0 Å². The van der Waals surface area contributed by atoms with Gasteiger partial charge >= 0.3 is 0 Å². The molecule has 8 nitrogen and oxygen atoms in total. The Balaban J connectivity index is 1.04. The van der Waals surface area contributed by atoms with Crippen molar-refractivity contribution < 1.29 is 0 Å². The maximum absolute atomic E-state index is 5.57. The van der Waals surface area contributed by atoms with E-state index in [-0.39, 0.29) is 0 Å². The Bertz CT molecular complexity index is 4490. The van der Waals surface area contributed by atoms with Gasteiger partial charge in [-0.05, 0) is 72.8 Å². The molecular weight excluding hydrogens is 821 g/mol. The van der Waals surface area contributed by atoms with E-state index in [2.05, 4.69) is 229 Å². The van der Waals surface area contributed by atoms with Crippen molar-refractivity contribution in [1.82, 2.24) is 37.8 Å². The minimum atomic E-state index is 0.559. The van der Waals surface area contributed by atoms with Crippen LogP contribution < -0.4 is 0 Å². The van der Waals surface area contributed by atoms with Crippen LogP contribution in [0.4, 0.5) is 0 Å². The number of para-hydroxylation sites is 7. The Labute approximate surface area is 382 Å². The molecule has 0 N–H and O–H groups in total. The fraction of sp³-hybridized carbons (Fsp3) is 0. The third-order valence-corrected chi connectivity index (χ3v) is 13.8. The molecule has 0 aliphatic rings. The molecule has 0 atom stereocenters. The highest BCUT2D eigenvalue weighted by Crippen LogP contribution is 2.44. The van der Waals surface area contributed by atoms with Gasteiger partial charge < -0.3 is 9.13 Å². The average Bonchev–Trinajstić information content (AvgIpc) is 4.19. The highest BCUT2D eigenvalue weighted by molar-refractivity contribution is 6.27. The van der Waals surface area contributed by atoms with Crippen LogP contribution in [0.1, 0.15) is 0 Å². The van der Waals surface area contributed by atoms with Gasteiger partial charge in [0.25, 0.3) is 0 Å².